The number of aryl methyl sites for hydroxylation is 1. The standard InChI is InChI=1S/C16H15Cl2NO2.K/c1-9-3-5-13(11(7-9)8-15(20)21)19-14-6-4-12(17)10(2)16(14)18;/h3-7,19H,8H2,1-2H3,(H,20,21);/q;+1/p-1. The van der Waals surface area contributed by atoms with Gasteiger partial charge in [0.15, 0.2) is 0 Å². The van der Waals surface area contributed by atoms with E-state index in [1.165, 1.54) is 0 Å². The number of anilines is 2. The fourth-order valence-corrected chi connectivity index (χ4v) is 2.47. The zero-order valence-corrected chi connectivity index (χ0v) is 17.3. The first-order valence-electron chi connectivity index (χ1n) is 6.39. The van der Waals surface area contributed by atoms with Crippen LogP contribution in [0.2, 0.25) is 10.0 Å². The van der Waals surface area contributed by atoms with Crippen molar-refractivity contribution in [2.45, 2.75) is 20.3 Å². The number of nitrogens with one attached hydrogen (secondary N) is 1. The largest absolute Gasteiger partial charge is 1.00 e. The van der Waals surface area contributed by atoms with E-state index in [0.717, 1.165) is 11.1 Å². The van der Waals surface area contributed by atoms with E-state index in [9.17, 15) is 9.90 Å². The van der Waals surface area contributed by atoms with Crippen LogP contribution in [0.1, 0.15) is 16.7 Å². The van der Waals surface area contributed by atoms with Gasteiger partial charge in [0.05, 0.1) is 10.7 Å². The number of carbonyl (C=O) groups excluding carboxylic acids is 1. The average molecular weight is 362 g/mol. The topological polar surface area (TPSA) is 52.2 Å². The van der Waals surface area contributed by atoms with E-state index in [1.54, 1.807) is 12.1 Å². The molecule has 0 saturated heterocycles. The molecular weight excluding hydrogens is 348 g/mol. The number of benzene rings is 2. The summed E-state index contributed by atoms with van der Waals surface area (Å²) in [7, 11) is 0. The minimum Gasteiger partial charge on any atom is -0.550 e. The second-order valence-corrected chi connectivity index (χ2v) is 5.65. The molecule has 0 aromatic heterocycles. The summed E-state index contributed by atoms with van der Waals surface area (Å²) in [6, 6.07) is 9.05. The van der Waals surface area contributed by atoms with Crippen molar-refractivity contribution in [3.05, 3.63) is 57.1 Å². The molecule has 0 aliphatic rings. The Hall–Kier alpha value is -0.0736. The Balaban J connectivity index is 0.00000242. The summed E-state index contributed by atoms with van der Waals surface area (Å²) >= 11 is 12.3. The monoisotopic (exact) mass is 361 g/mol. The van der Waals surface area contributed by atoms with Crippen LogP contribution in [-0.2, 0) is 11.2 Å². The predicted octanol–water partition coefficient (Wildman–Crippen LogP) is 0.650. The molecule has 0 unspecified atom stereocenters. The molecule has 0 fully saturated rings. The molecule has 0 heterocycles. The SMILES string of the molecule is Cc1ccc(Nc2ccc(Cl)c(C)c2Cl)c(CC(=O)[O-])c1.[K+]. The minimum atomic E-state index is -1.12. The van der Waals surface area contributed by atoms with Gasteiger partial charge in [-0.05, 0) is 43.2 Å². The molecule has 2 aromatic rings. The molecule has 3 nitrogen and oxygen atoms in total. The summed E-state index contributed by atoms with van der Waals surface area (Å²) in [5.74, 6) is -1.12. The van der Waals surface area contributed by atoms with Crippen molar-refractivity contribution in [2.24, 2.45) is 0 Å². The van der Waals surface area contributed by atoms with E-state index in [-0.39, 0.29) is 57.8 Å². The van der Waals surface area contributed by atoms with E-state index < -0.39 is 5.97 Å². The molecule has 0 bridgehead atoms. The quantitative estimate of drug-likeness (QED) is 0.813. The Morgan fingerprint density at radius 2 is 1.77 bits per heavy atom. The molecule has 1 N–H and O–H groups in total. The van der Waals surface area contributed by atoms with E-state index in [0.29, 0.717) is 27.0 Å². The zero-order valence-electron chi connectivity index (χ0n) is 12.7. The summed E-state index contributed by atoms with van der Waals surface area (Å²) in [6.45, 7) is 3.73. The van der Waals surface area contributed by atoms with Crippen molar-refractivity contribution in [1.82, 2.24) is 0 Å². The Kier molecular flexibility index (Phi) is 7.89. The molecule has 2 rings (SSSR count). The Morgan fingerprint density at radius 3 is 2.41 bits per heavy atom. The molecule has 0 amide bonds. The van der Waals surface area contributed by atoms with Gasteiger partial charge in [0.2, 0.25) is 0 Å². The second-order valence-electron chi connectivity index (χ2n) is 4.87. The zero-order chi connectivity index (χ0) is 15.6. The summed E-state index contributed by atoms with van der Waals surface area (Å²) in [4.78, 5) is 10.9. The van der Waals surface area contributed by atoms with Crippen LogP contribution in [0.4, 0.5) is 11.4 Å². The van der Waals surface area contributed by atoms with Crippen LogP contribution in [0.15, 0.2) is 30.3 Å². The van der Waals surface area contributed by atoms with E-state index in [4.69, 9.17) is 23.2 Å². The van der Waals surface area contributed by atoms with Gasteiger partial charge in [-0.1, -0.05) is 40.9 Å². The van der Waals surface area contributed by atoms with Crippen molar-refractivity contribution in [1.29, 1.82) is 0 Å². The van der Waals surface area contributed by atoms with Crippen molar-refractivity contribution in [3.63, 3.8) is 0 Å². The molecule has 0 atom stereocenters. The number of carboxylic acids is 1. The third-order valence-corrected chi connectivity index (χ3v) is 4.08. The van der Waals surface area contributed by atoms with Crippen molar-refractivity contribution in [2.75, 3.05) is 5.32 Å². The third kappa shape index (κ3) is 4.96. The van der Waals surface area contributed by atoms with Crippen molar-refractivity contribution in [3.8, 4) is 0 Å². The maximum atomic E-state index is 10.9. The number of hydrogen-bond acceptors (Lipinski definition) is 3. The maximum Gasteiger partial charge on any atom is 1.00 e. The number of carbonyl (C=O) groups is 1. The minimum absolute atomic E-state index is 0. The second kappa shape index (κ2) is 8.69. The molecular formula is C16H14Cl2KNO2. The van der Waals surface area contributed by atoms with Crippen LogP contribution < -0.4 is 61.8 Å². The average Bonchev–Trinajstić information content (AvgIpc) is 2.41. The number of rotatable bonds is 4. The van der Waals surface area contributed by atoms with Crippen LogP contribution in [0.3, 0.4) is 0 Å². The van der Waals surface area contributed by atoms with Gasteiger partial charge in [0, 0.05) is 23.1 Å². The van der Waals surface area contributed by atoms with Crippen LogP contribution >= 0.6 is 23.2 Å². The molecule has 6 heteroatoms. The maximum absolute atomic E-state index is 10.9. The van der Waals surface area contributed by atoms with E-state index in [1.807, 2.05) is 32.0 Å². The predicted molar refractivity (Wildman–Crippen MR) is 84.4 cm³/mol. The first kappa shape index (κ1) is 20.0. The van der Waals surface area contributed by atoms with Gasteiger partial charge in [0.1, 0.15) is 0 Å². The molecule has 0 aliphatic carbocycles. The normalized spacial score (nSPS) is 10.0. The molecule has 22 heavy (non-hydrogen) atoms. The van der Waals surface area contributed by atoms with E-state index in [2.05, 4.69) is 5.32 Å². The van der Waals surface area contributed by atoms with Gasteiger partial charge in [0.25, 0.3) is 0 Å². The summed E-state index contributed by atoms with van der Waals surface area (Å²) in [5, 5.41) is 15.1. The summed E-state index contributed by atoms with van der Waals surface area (Å²) in [5.41, 5.74) is 3.78. The Bertz CT molecular complexity index is 705. The van der Waals surface area contributed by atoms with Crippen LogP contribution in [0, 0.1) is 13.8 Å². The van der Waals surface area contributed by atoms with Crippen molar-refractivity contribution < 1.29 is 61.3 Å². The molecule has 0 aliphatic heterocycles. The summed E-state index contributed by atoms with van der Waals surface area (Å²) < 4.78 is 0. The van der Waals surface area contributed by atoms with E-state index >= 15 is 0 Å². The van der Waals surface area contributed by atoms with Gasteiger partial charge in [-0.25, -0.2) is 0 Å². The first-order valence-corrected chi connectivity index (χ1v) is 7.15. The van der Waals surface area contributed by atoms with Gasteiger partial charge in [-0.2, -0.15) is 0 Å². The Morgan fingerprint density at radius 1 is 1.14 bits per heavy atom. The van der Waals surface area contributed by atoms with Gasteiger partial charge < -0.3 is 15.2 Å². The fraction of sp³-hybridized carbons (Fsp3) is 0.188. The smallest absolute Gasteiger partial charge is 0.550 e. The van der Waals surface area contributed by atoms with Crippen molar-refractivity contribution >= 4 is 40.5 Å². The number of halogens is 2. The van der Waals surface area contributed by atoms with Gasteiger partial charge in [-0.3, -0.25) is 0 Å². The molecule has 2 aromatic carbocycles. The number of carboxylic acid groups (broad SMARTS) is 1. The molecule has 0 spiro atoms. The van der Waals surface area contributed by atoms with Gasteiger partial charge in [-0.15, -0.1) is 0 Å². The Labute approximate surface area is 182 Å². The third-order valence-electron chi connectivity index (χ3n) is 3.19. The number of aliphatic carboxylic acids is 1. The van der Waals surface area contributed by atoms with Crippen LogP contribution in [0.5, 0.6) is 0 Å². The molecule has 0 saturated carbocycles. The fourth-order valence-electron chi connectivity index (χ4n) is 2.05. The summed E-state index contributed by atoms with van der Waals surface area (Å²) in [6.07, 6.45) is -0.159. The van der Waals surface area contributed by atoms with Crippen LogP contribution in [0.25, 0.3) is 0 Å². The molecule has 110 valence electrons. The molecule has 0 radical (unpaired) electrons. The number of hydrogen-bond donors (Lipinski definition) is 1. The first-order chi connectivity index (χ1) is 9.88. The van der Waals surface area contributed by atoms with Crippen LogP contribution in [-0.4, -0.2) is 5.97 Å². The van der Waals surface area contributed by atoms with Gasteiger partial charge >= 0.3 is 51.4 Å².